The highest BCUT2D eigenvalue weighted by Gasteiger charge is 2.34. The molecule has 0 unspecified atom stereocenters. The third-order valence-corrected chi connectivity index (χ3v) is 6.86. The summed E-state index contributed by atoms with van der Waals surface area (Å²) in [6, 6.07) is 10.5. The van der Waals surface area contributed by atoms with E-state index in [1.165, 1.54) is 10.4 Å². The second kappa shape index (κ2) is 9.30. The molecule has 2 heterocycles. The van der Waals surface area contributed by atoms with Gasteiger partial charge in [-0.2, -0.15) is 0 Å². The van der Waals surface area contributed by atoms with Gasteiger partial charge in [0.2, 0.25) is 0 Å². The molecule has 0 bridgehead atoms. The predicted molar refractivity (Wildman–Crippen MR) is 114 cm³/mol. The van der Waals surface area contributed by atoms with Crippen LogP contribution in [-0.4, -0.2) is 17.7 Å². The Hall–Kier alpha value is -2.25. The number of hydrogen-bond acceptors (Lipinski definition) is 3. The van der Waals surface area contributed by atoms with Crippen molar-refractivity contribution in [3.8, 4) is 17.6 Å². The molecule has 3 nitrogen and oxygen atoms in total. The minimum absolute atomic E-state index is 0.206. The zero-order valence-corrected chi connectivity index (χ0v) is 17.5. The molecule has 1 aliphatic heterocycles. The first kappa shape index (κ1) is 20.5. The summed E-state index contributed by atoms with van der Waals surface area (Å²) in [7, 11) is 0. The van der Waals surface area contributed by atoms with Crippen molar-refractivity contribution >= 4 is 17.3 Å². The minimum Gasteiger partial charge on any atom is -0.493 e. The Bertz CT molecular complexity index is 881. The van der Waals surface area contributed by atoms with Gasteiger partial charge in [0.25, 0.3) is 0 Å². The van der Waals surface area contributed by atoms with Gasteiger partial charge >= 0.3 is 5.97 Å². The van der Waals surface area contributed by atoms with E-state index in [2.05, 4.69) is 50.0 Å². The molecule has 2 aromatic rings. The quantitative estimate of drug-likeness (QED) is 0.476. The van der Waals surface area contributed by atoms with Crippen LogP contribution in [0.3, 0.4) is 0 Å². The predicted octanol–water partition coefficient (Wildman–Crippen LogP) is 5.79. The number of benzene rings is 1. The maximum absolute atomic E-state index is 10.6. The Labute approximate surface area is 171 Å². The number of ether oxygens (including phenoxy) is 1. The molecule has 0 spiro atoms. The summed E-state index contributed by atoms with van der Waals surface area (Å²) in [5.41, 5.74) is 2.55. The molecule has 1 aliphatic rings. The van der Waals surface area contributed by atoms with Gasteiger partial charge in [-0.25, -0.2) is 0 Å². The molecular formula is C24H28O3S. The molecule has 0 amide bonds. The van der Waals surface area contributed by atoms with Crippen molar-refractivity contribution in [1.29, 1.82) is 0 Å². The molecule has 1 N–H and O–H groups in total. The minimum atomic E-state index is -0.719. The van der Waals surface area contributed by atoms with Crippen LogP contribution in [0.15, 0.2) is 30.3 Å². The van der Waals surface area contributed by atoms with Gasteiger partial charge in [0.05, 0.1) is 11.5 Å². The summed E-state index contributed by atoms with van der Waals surface area (Å²) in [6.07, 6.45) is 6.10. The van der Waals surface area contributed by atoms with Gasteiger partial charge in [-0.15, -0.1) is 11.3 Å². The Kier molecular flexibility index (Phi) is 6.80. The summed E-state index contributed by atoms with van der Waals surface area (Å²) in [5, 5.41) is 8.71. The van der Waals surface area contributed by atoms with Crippen LogP contribution in [0.2, 0.25) is 0 Å². The number of aliphatic carboxylic acids is 1. The lowest BCUT2D eigenvalue weighted by Crippen LogP contribution is -2.31. The summed E-state index contributed by atoms with van der Waals surface area (Å²) >= 11 is 1.70. The Morgan fingerprint density at radius 2 is 2.00 bits per heavy atom. The number of carboxylic acid groups (broad SMARTS) is 1. The highest BCUT2D eigenvalue weighted by atomic mass is 32.1. The van der Waals surface area contributed by atoms with Crippen molar-refractivity contribution in [2.45, 2.75) is 64.2 Å². The van der Waals surface area contributed by atoms with Crippen molar-refractivity contribution in [2.24, 2.45) is 0 Å². The Balaban J connectivity index is 1.70. The number of hydrogen-bond donors (Lipinski definition) is 1. The second-order valence-corrected chi connectivity index (χ2v) is 8.58. The zero-order valence-electron chi connectivity index (χ0n) is 16.7. The van der Waals surface area contributed by atoms with Crippen molar-refractivity contribution in [3.63, 3.8) is 0 Å². The molecule has 0 atom stereocenters. The smallest absolute Gasteiger partial charge is 0.303 e. The summed E-state index contributed by atoms with van der Waals surface area (Å²) < 4.78 is 5.88. The lowest BCUT2D eigenvalue weighted by Gasteiger charge is -2.37. The van der Waals surface area contributed by atoms with Gasteiger partial charge in [0.15, 0.2) is 0 Å². The molecule has 0 radical (unpaired) electrons. The van der Waals surface area contributed by atoms with Crippen LogP contribution in [0.1, 0.15) is 73.3 Å². The Morgan fingerprint density at radius 1 is 1.18 bits per heavy atom. The number of unbranched alkanes of at least 4 members (excludes halogenated alkanes) is 1. The fourth-order valence-electron chi connectivity index (χ4n) is 3.91. The van der Waals surface area contributed by atoms with Crippen LogP contribution in [0, 0.1) is 11.8 Å². The maximum atomic E-state index is 10.6. The monoisotopic (exact) mass is 396 g/mol. The fourth-order valence-corrected chi connectivity index (χ4v) is 4.82. The number of thiophene rings is 1. The van der Waals surface area contributed by atoms with Crippen LogP contribution < -0.4 is 4.74 Å². The van der Waals surface area contributed by atoms with E-state index in [9.17, 15) is 4.79 Å². The normalized spacial score (nSPS) is 14.5. The van der Waals surface area contributed by atoms with E-state index in [0.29, 0.717) is 0 Å². The lowest BCUT2D eigenvalue weighted by atomic mass is 9.71. The van der Waals surface area contributed by atoms with E-state index in [-0.39, 0.29) is 11.8 Å². The van der Waals surface area contributed by atoms with E-state index in [0.717, 1.165) is 61.3 Å². The first-order valence-electron chi connectivity index (χ1n) is 10.2. The van der Waals surface area contributed by atoms with Crippen molar-refractivity contribution in [2.75, 3.05) is 6.61 Å². The second-order valence-electron chi connectivity index (χ2n) is 7.41. The number of carbonyl (C=O) groups is 1. The number of rotatable bonds is 7. The first-order valence-corrected chi connectivity index (χ1v) is 11.0. The molecule has 0 saturated heterocycles. The average Bonchev–Trinajstić information content (AvgIpc) is 3.16. The van der Waals surface area contributed by atoms with Gasteiger partial charge < -0.3 is 9.84 Å². The standard InChI is InChI=1S/C24H28O3S/c1-3-24(4-2)15-16-27-22-14-10-18(17-21(22)24)9-11-20-13-12-19(28-20)7-5-6-8-23(25)26/h10,12-14,17H,3-8,15-16H2,1-2H3,(H,25,26). The van der Waals surface area contributed by atoms with E-state index in [1.807, 2.05) is 6.07 Å². The SMILES string of the molecule is CCC1(CC)CCOc2ccc(C#Cc3ccc(CCCCC(=O)O)s3)cc21. The van der Waals surface area contributed by atoms with Crippen molar-refractivity contribution in [3.05, 3.63) is 51.2 Å². The molecule has 0 aliphatic carbocycles. The number of fused-ring (bicyclic) bond motifs is 1. The van der Waals surface area contributed by atoms with E-state index < -0.39 is 5.97 Å². The summed E-state index contributed by atoms with van der Waals surface area (Å²) in [5.74, 6) is 6.91. The van der Waals surface area contributed by atoms with Gasteiger partial charge in [-0.05, 0) is 68.9 Å². The van der Waals surface area contributed by atoms with Crippen LogP contribution in [0.5, 0.6) is 5.75 Å². The lowest BCUT2D eigenvalue weighted by molar-refractivity contribution is -0.137. The van der Waals surface area contributed by atoms with Gasteiger partial charge in [0.1, 0.15) is 5.75 Å². The largest absolute Gasteiger partial charge is 0.493 e. The molecular weight excluding hydrogens is 368 g/mol. The zero-order chi connectivity index (χ0) is 20.0. The fraction of sp³-hybridized carbons (Fsp3) is 0.458. The number of aryl methyl sites for hydroxylation is 1. The average molecular weight is 397 g/mol. The molecule has 28 heavy (non-hydrogen) atoms. The van der Waals surface area contributed by atoms with Crippen LogP contribution >= 0.6 is 11.3 Å². The molecule has 0 fully saturated rings. The third-order valence-electron chi connectivity index (χ3n) is 5.80. The third kappa shape index (κ3) is 4.77. The maximum Gasteiger partial charge on any atom is 0.303 e. The summed E-state index contributed by atoms with van der Waals surface area (Å²) in [6.45, 7) is 5.32. The topological polar surface area (TPSA) is 46.5 Å². The first-order chi connectivity index (χ1) is 13.6. The molecule has 3 rings (SSSR count). The highest BCUT2D eigenvalue weighted by Crippen LogP contribution is 2.43. The molecule has 0 saturated carbocycles. The van der Waals surface area contributed by atoms with Crippen molar-refractivity contribution < 1.29 is 14.6 Å². The highest BCUT2D eigenvalue weighted by molar-refractivity contribution is 7.12. The van der Waals surface area contributed by atoms with Crippen LogP contribution in [-0.2, 0) is 16.6 Å². The van der Waals surface area contributed by atoms with Crippen LogP contribution in [0.25, 0.3) is 0 Å². The number of carboxylic acids is 1. The Morgan fingerprint density at radius 3 is 2.75 bits per heavy atom. The summed E-state index contributed by atoms with van der Waals surface area (Å²) in [4.78, 5) is 12.9. The van der Waals surface area contributed by atoms with Crippen molar-refractivity contribution in [1.82, 2.24) is 0 Å². The molecule has 4 heteroatoms. The van der Waals surface area contributed by atoms with E-state index in [4.69, 9.17) is 9.84 Å². The van der Waals surface area contributed by atoms with Gasteiger partial charge in [-0.3, -0.25) is 4.79 Å². The van der Waals surface area contributed by atoms with Gasteiger partial charge in [0, 0.05) is 27.8 Å². The molecule has 1 aromatic carbocycles. The van der Waals surface area contributed by atoms with Crippen LogP contribution in [0.4, 0.5) is 0 Å². The molecule has 1 aromatic heterocycles. The van der Waals surface area contributed by atoms with Gasteiger partial charge in [-0.1, -0.05) is 25.7 Å². The van der Waals surface area contributed by atoms with E-state index in [1.54, 1.807) is 11.3 Å². The van der Waals surface area contributed by atoms with E-state index >= 15 is 0 Å². The molecule has 148 valence electrons.